The van der Waals surface area contributed by atoms with Gasteiger partial charge in [-0.2, -0.15) is 0 Å². The van der Waals surface area contributed by atoms with E-state index in [0.29, 0.717) is 13.2 Å². The smallest absolute Gasteiger partial charge is 0.121 e. The van der Waals surface area contributed by atoms with Gasteiger partial charge in [-0.25, -0.2) is 0 Å². The zero-order valence-electron chi connectivity index (χ0n) is 45.7. The number of ether oxygens (including phenoxy) is 2. The van der Waals surface area contributed by atoms with Crippen molar-refractivity contribution in [2.24, 2.45) is 0 Å². The number of rotatable bonds is 30. The van der Waals surface area contributed by atoms with Crippen LogP contribution in [0, 0.1) is 0 Å². The van der Waals surface area contributed by atoms with Gasteiger partial charge in [0.15, 0.2) is 0 Å². The molecule has 0 bridgehead atoms. The molecule has 2 aliphatic heterocycles. The van der Waals surface area contributed by atoms with Crippen LogP contribution in [0.25, 0.3) is 42.0 Å². The minimum absolute atomic E-state index is 0.105. The summed E-state index contributed by atoms with van der Waals surface area (Å²) < 4.78 is 15.6. The first kappa shape index (κ1) is 54.1. The van der Waals surface area contributed by atoms with Crippen molar-refractivity contribution in [3.63, 3.8) is 0 Å². The Hall–Kier alpha value is -5.26. The van der Waals surface area contributed by atoms with Gasteiger partial charge in [0.25, 0.3) is 0 Å². The second kappa shape index (κ2) is 28.4. The Morgan fingerprint density at radius 2 is 0.882 bits per heavy atom. The Bertz CT molecular complexity index is 2820. The number of benzene rings is 4. The highest BCUT2D eigenvalue weighted by atomic mass is 32.1. The fourth-order valence-corrected chi connectivity index (χ4v) is 13.4. The van der Waals surface area contributed by atoms with Gasteiger partial charge in [-0.05, 0) is 129 Å². The summed E-state index contributed by atoms with van der Waals surface area (Å²) in [5.74, 6) is 1.91. The van der Waals surface area contributed by atoms with Crippen LogP contribution in [0.3, 0.4) is 0 Å². The van der Waals surface area contributed by atoms with Gasteiger partial charge in [0.2, 0.25) is 0 Å². The molecular weight excluding hydrogens is 973 g/mol. The predicted molar refractivity (Wildman–Crippen MR) is 326 cm³/mol. The fourth-order valence-electron chi connectivity index (χ4n) is 11.8. The Labute approximate surface area is 462 Å². The third kappa shape index (κ3) is 14.9. The number of anilines is 2. The van der Waals surface area contributed by atoms with Crippen LogP contribution in [0.1, 0.15) is 140 Å². The molecule has 0 spiro atoms. The monoisotopic (exact) mass is 1060 g/mol. The second-order valence-corrected chi connectivity index (χ2v) is 23.6. The van der Waals surface area contributed by atoms with Crippen LogP contribution in [0.2, 0.25) is 0 Å². The van der Waals surface area contributed by atoms with E-state index in [1.807, 2.05) is 22.7 Å². The summed E-state index contributed by atoms with van der Waals surface area (Å²) in [7, 11) is 0. The normalized spacial score (nSPS) is 14.8. The van der Waals surface area contributed by atoms with E-state index in [1.165, 1.54) is 109 Å². The van der Waals surface area contributed by atoms with Crippen LogP contribution in [0.15, 0.2) is 120 Å². The molecule has 8 nitrogen and oxygen atoms in total. The number of nitrogens with zero attached hydrogens (tertiary/aromatic N) is 6. The quantitative estimate of drug-likeness (QED) is 0.0413. The lowest BCUT2D eigenvalue weighted by molar-refractivity contribution is 0.239. The molecule has 0 saturated carbocycles. The molecule has 4 aromatic carbocycles. The van der Waals surface area contributed by atoms with E-state index in [1.54, 1.807) is 0 Å². The highest BCUT2D eigenvalue weighted by Crippen LogP contribution is 2.35. The molecule has 10 heteroatoms. The molecule has 4 aromatic heterocycles. The van der Waals surface area contributed by atoms with E-state index in [2.05, 4.69) is 146 Å². The van der Waals surface area contributed by atoms with Gasteiger partial charge >= 0.3 is 0 Å². The van der Waals surface area contributed by atoms with Crippen molar-refractivity contribution in [1.82, 2.24) is 19.8 Å². The van der Waals surface area contributed by atoms with E-state index < -0.39 is 0 Å². The van der Waals surface area contributed by atoms with Crippen molar-refractivity contribution in [2.75, 3.05) is 88.5 Å². The van der Waals surface area contributed by atoms with Crippen LogP contribution in [-0.2, 0) is 0 Å². The standard InChI is InChI=1S/C66H84N6O2S2/c1-2-3-4-5-6-7-8-9-10-11-12-13-14-21-56(59-32-28-52-26-30-54(50-61(52)67-59)73-46-17-15-36-69-38-42-71(43-39-69)63-22-19-24-65-57(63)34-48-75-65)60-33-29-53-27-31-55(51-62(53)68-60)74-47-18-16-37-70-40-44-72(45-41-70)64-23-20-25-66-58(64)35-49-76-66/h19-20,22-35,48-51,56H,2-18,21,36-47H2,1H3. The maximum Gasteiger partial charge on any atom is 0.121 e. The summed E-state index contributed by atoms with van der Waals surface area (Å²) >= 11 is 3.67. The summed E-state index contributed by atoms with van der Waals surface area (Å²) in [5, 5.41) is 9.50. The lowest BCUT2D eigenvalue weighted by Gasteiger charge is -2.36. The maximum absolute atomic E-state index is 6.41. The average molecular weight is 1060 g/mol. The van der Waals surface area contributed by atoms with Gasteiger partial charge in [-0.15, -0.1) is 22.7 Å². The lowest BCUT2D eigenvalue weighted by atomic mass is 9.92. The van der Waals surface area contributed by atoms with Gasteiger partial charge in [0.05, 0.1) is 35.6 Å². The molecule has 0 N–H and O–H groups in total. The van der Waals surface area contributed by atoms with Crippen LogP contribution >= 0.6 is 22.7 Å². The third-order valence-electron chi connectivity index (χ3n) is 16.3. The lowest BCUT2D eigenvalue weighted by Crippen LogP contribution is -2.46. The molecule has 6 heterocycles. The topological polar surface area (TPSA) is 57.2 Å². The zero-order chi connectivity index (χ0) is 51.6. The molecule has 2 saturated heterocycles. The largest absolute Gasteiger partial charge is 0.494 e. The number of thiophene rings is 2. The summed E-state index contributed by atoms with van der Waals surface area (Å²) in [4.78, 5) is 21.2. The molecular formula is C66H84N6O2S2. The van der Waals surface area contributed by atoms with Crippen molar-refractivity contribution in [1.29, 1.82) is 0 Å². The Morgan fingerprint density at radius 1 is 0.447 bits per heavy atom. The van der Waals surface area contributed by atoms with E-state index in [0.717, 1.165) is 149 Å². The number of unbranched alkanes of at least 4 members (excludes halogenated alkanes) is 14. The highest BCUT2D eigenvalue weighted by Gasteiger charge is 2.22. The average Bonchev–Trinajstić information content (AvgIpc) is 4.17. The summed E-state index contributed by atoms with van der Waals surface area (Å²) in [5.41, 5.74) is 6.95. The van der Waals surface area contributed by atoms with E-state index in [4.69, 9.17) is 19.4 Å². The first-order valence-electron chi connectivity index (χ1n) is 29.6. The van der Waals surface area contributed by atoms with Crippen molar-refractivity contribution in [3.8, 4) is 11.5 Å². The number of fused-ring (bicyclic) bond motifs is 4. The maximum atomic E-state index is 6.41. The third-order valence-corrected chi connectivity index (χ3v) is 18.1. The summed E-state index contributed by atoms with van der Waals surface area (Å²) in [6, 6.07) is 39.9. The first-order valence-corrected chi connectivity index (χ1v) is 31.4. The van der Waals surface area contributed by atoms with Gasteiger partial charge in [-0.1, -0.05) is 115 Å². The van der Waals surface area contributed by atoms with Crippen LogP contribution in [-0.4, -0.2) is 98.4 Å². The Morgan fingerprint density at radius 3 is 1.34 bits per heavy atom. The minimum atomic E-state index is 0.105. The predicted octanol–water partition coefficient (Wildman–Crippen LogP) is 16.8. The molecule has 0 atom stereocenters. The molecule has 0 radical (unpaired) electrons. The molecule has 2 fully saturated rings. The molecule has 402 valence electrons. The Balaban J connectivity index is 0.714. The van der Waals surface area contributed by atoms with E-state index in [-0.39, 0.29) is 5.92 Å². The van der Waals surface area contributed by atoms with Gasteiger partial charge < -0.3 is 19.3 Å². The summed E-state index contributed by atoms with van der Waals surface area (Å²) in [6.07, 6.45) is 22.9. The number of piperazine rings is 2. The first-order chi connectivity index (χ1) is 37.6. The SMILES string of the molecule is CCCCCCCCCCCCCCCC(c1ccc2ccc(OCCCCN3CCN(c4cccc5sccc45)CC3)cc2n1)c1ccc2ccc(OCCCCN3CCN(c4cccc5sccc45)CC3)cc2n1. The molecule has 0 aliphatic carbocycles. The molecule has 8 aromatic rings. The van der Waals surface area contributed by atoms with Gasteiger partial charge in [0.1, 0.15) is 11.5 Å². The zero-order valence-corrected chi connectivity index (χ0v) is 47.3. The number of hydrogen-bond donors (Lipinski definition) is 0. The van der Waals surface area contributed by atoms with E-state index in [9.17, 15) is 0 Å². The molecule has 0 unspecified atom stereocenters. The van der Waals surface area contributed by atoms with Crippen molar-refractivity contribution in [2.45, 2.75) is 128 Å². The number of hydrogen-bond acceptors (Lipinski definition) is 10. The van der Waals surface area contributed by atoms with Crippen molar-refractivity contribution < 1.29 is 9.47 Å². The highest BCUT2D eigenvalue weighted by molar-refractivity contribution is 7.17. The van der Waals surface area contributed by atoms with Crippen LogP contribution < -0.4 is 19.3 Å². The van der Waals surface area contributed by atoms with Crippen molar-refractivity contribution >= 4 is 76.0 Å². The van der Waals surface area contributed by atoms with E-state index >= 15 is 0 Å². The molecule has 0 amide bonds. The number of pyridine rings is 2. The Kier molecular flexibility index (Phi) is 20.2. The van der Waals surface area contributed by atoms with Gasteiger partial charge in [-0.3, -0.25) is 19.8 Å². The summed E-state index contributed by atoms with van der Waals surface area (Å²) in [6.45, 7) is 14.7. The molecule has 2 aliphatic rings. The fraction of sp³-hybridized carbons (Fsp3) is 0.485. The molecule has 76 heavy (non-hydrogen) atoms. The van der Waals surface area contributed by atoms with Crippen molar-refractivity contribution in [3.05, 3.63) is 131 Å². The van der Waals surface area contributed by atoms with Crippen LogP contribution in [0.5, 0.6) is 11.5 Å². The minimum Gasteiger partial charge on any atom is -0.494 e. The number of aromatic nitrogens is 2. The second-order valence-electron chi connectivity index (χ2n) is 21.8. The molecule has 10 rings (SSSR count). The van der Waals surface area contributed by atoms with Gasteiger partial charge in [0, 0.05) is 113 Å². The van der Waals surface area contributed by atoms with Crippen LogP contribution in [0.4, 0.5) is 11.4 Å².